The molecule has 0 aliphatic heterocycles. The van der Waals surface area contributed by atoms with Crippen LogP contribution in [0.2, 0.25) is 0 Å². The molecule has 2 rings (SSSR count). The fourth-order valence-corrected chi connectivity index (χ4v) is 1.96. The summed E-state index contributed by atoms with van der Waals surface area (Å²) >= 11 is 0. The summed E-state index contributed by atoms with van der Waals surface area (Å²) < 4.78 is 15.4. The fraction of sp³-hybridized carbons (Fsp3) is 0.235. The molecule has 0 unspecified atom stereocenters. The number of ether oxygens (including phenoxy) is 3. The Morgan fingerprint density at radius 3 is 2.41 bits per heavy atom. The van der Waals surface area contributed by atoms with E-state index in [0.717, 1.165) is 5.56 Å². The number of carbonyl (C=O) groups is 1. The third-order valence-electron chi connectivity index (χ3n) is 3.13. The quantitative estimate of drug-likeness (QED) is 0.654. The summed E-state index contributed by atoms with van der Waals surface area (Å²) in [7, 11) is 2.98. The average Bonchev–Trinajstić information content (AvgIpc) is 2.55. The Hall–Kier alpha value is -2.53. The molecule has 2 aromatic carbocycles. The molecule has 0 spiro atoms. The van der Waals surface area contributed by atoms with Crippen LogP contribution in [0.4, 0.5) is 0 Å². The second kappa shape index (κ2) is 7.47. The minimum atomic E-state index is -1.25. The number of hydrogen-bond donors (Lipinski definition) is 1. The molecule has 0 heterocycles. The van der Waals surface area contributed by atoms with Crippen molar-refractivity contribution in [1.82, 2.24) is 0 Å². The summed E-state index contributed by atoms with van der Waals surface area (Å²) in [5.74, 6) is 0.386. The zero-order valence-electron chi connectivity index (χ0n) is 12.5. The van der Waals surface area contributed by atoms with Crippen molar-refractivity contribution in [1.29, 1.82) is 0 Å². The molecule has 0 saturated carbocycles. The lowest BCUT2D eigenvalue weighted by Crippen LogP contribution is -2.27. The maximum atomic E-state index is 12.0. The molecule has 0 bridgehead atoms. The van der Waals surface area contributed by atoms with Gasteiger partial charge in [0.25, 0.3) is 0 Å². The highest BCUT2D eigenvalue weighted by Gasteiger charge is 2.20. The second-order valence-corrected chi connectivity index (χ2v) is 4.64. The van der Waals surface area contributed by atoms with E-state index in [1.165, 1.54) is 20.3 Å². The molecule has 0 aliphatic carbocycles. The normalized spacial score (nSPS) is 11.6. The highest BCUT2D eigenvalue weighted by atomic mass is 16.6. The molecule has 5 heteroatoms. The third kappa shape index (κ3) is 3.99. The summed E-state index contributed by atoms with van der Waals surface area (Å²) in [6.07, 6.45) is -1.07. The van der Waals surface area contributed by atoms with Crippen molar-refractivity contribution in [2.24, 2.45) is 0 Å². The van der Waals surface area contributed by atoms with E-state index in [9.17, 15) is 9.90 Å². The molecule has 0 aliphatic rings. The Balaban J connectivity index is 2.07. The molecule has 22 heavy (non-hydrogen) atoms. The van der Waals surface area contributed by atoms with Gasteiger partial charge in [-0.2, -0.15) is 0 Å². The van der Waals surface area contributed by atoms with Crippen molar-refractivity contribution in [3.05, 3.63) is 54.1 Å². The van der Waals surface area contributed by atoms with Gasteiger partial charge in [0.1, 0.15) is 5.75 Å². The highest BCUT2D eigenvalue weighted by molar-refractivity contribution is 5.78. The van der Waals surface area contributed by atoms with Gasteiger partial charge in [-0.15, -0.1) is 0 Å². The number of aliphatic hydroxyl groups excluding tert-OH is 1. The lowest BCUT2D eigenvalue weighted by atomic mass is 10.1. The van der Waals surface area contributed by atoms with Crippen LogP contribution < -0.4 is 14.2 Å². The summed E-state index contributed by atoms with van der Waals surface area (Å²) in [5, 5.41) is 9.98. The smallest absolute Gasteiger partial charge is 0.340 e. The average molecular weight is 302 g/mol. The molecule has 2 aromatic rings. The minimum Gasteiger partial charge on any atom is -0.497 e. The summed E-state index contributed by atoms with van der Waals surface area (Å²) in [6, 6.07) is 14.1. The Bertz CT molecular complexity index is 624. The largest absolute Gasteiger partial charge is 0.497 e. The number of benzene rings is 2. The van der Waals surface area contributed by atoms with E-state index in [0.29, 0.717) is 11.5 Å². The van der Waals surface area contributed by atoms with Gasteiger partial charge in [0.05, 0.1) is 14.2 Å². The SMILES string of the molecule is COc1ccc(OC)c(OC(=O)[C@@H](O)Cc2ccccc2)c1. The van der Waals surface area contributed by atoms with Crippen molar-refractivity contribution in [2.45, 2.75) is 12.5 Å². The van der Waals surface area contributed by atoms with Gasteiger partial charge in [0, 0.05) is 12.5 Å². The molecular weight excluding hydrogens is 284 g/mol. The van der Waals surface area contributed by atoms with E-state index in [1.807, 2.05) is 30.3 Å². The van der Waals surface area contributed by atoms with Crippen LogP contribution in [-0.2, 0) is 11.2 Å². The number of esters is 1. The van der Waals surface area contributed by atoms with Crippen LogP contribution in [0.1, 0.15) is 5.56 Å². The van der Waals surface area contributed by atoms with E-state index in [4.69, 9.17) is 14.2 Å². The van der Waals surface area contributed by atoms with E-state index < -0.39 is 12.1 Å². The second-order valence-electron chi connectivity index (χ2n) is 4.64. The maximum Gasteiger partial charge on any atom is 0.340 e. The minimum absolute atomic E-state index is 0.186. The Morgan fingerprint density at radius 2 is 1.77 bits per heavy atom. The zero-order valence-corrected chi connectivity index (χ0v) is 12.5. The molecule has 5 nitrogen and oxygen atoms in total. The fourth-order valence-electron chi connectivity index (χ4n) is 1.96. The van der Waals surface area contributed by atoms with Crippen molar-refractivity contribution in [3.63, 3.8) is 0 Å². The lowest BCUT2D eigenvalue weighted by Gasteiger charge is -2.13. The first-order chi connectivity index (χ1) is 10.6. The summed E-state index contributed by atoms with van der Waals surface area (Å²) in [6.45, 7) is 0. The first-order valence-corrected chi connectivity index (χ1v) is 6.79. The van der Waals surface area contributed by atoms with Gasteiger partial charge in [-0.25, -0.2) is 4.79 Å². The monoisotopic (exact) mass is 302 g/mol. The Kier molecular flexibility index (Phi) is 5.38. The van der Waals surface area contributed by atoms with E-state index >= 15 is 0 Å². The molecule has 0 radical (unpaired) electrons. The molecule has 1 atom stereocenters. The number of hydrogen-bond acceptors (Lipinski definition) is 5. The number of carbonyl (C=O) groups excluding carboxylic acids is 1. The number of methoxy groups -OCH3 is 2. The van der Waals surface area contributed by atoms with Crippen molar-refractivity contribution >= 4 is 5.97 Å². The predicted molar refractivity (Wildman–Crippen MR) is 81.3 cm³/mol. The van der Waals surface area contributed by atoms with E-state index in [1.54, 1.807) is 12.1 Å². The highest BCUT2D eigenvalue weighted by Crippen LogP contribution is 2.31. The summed E-state index contributed by atoms with van der Waals surface area (Å²) in [5.41, 5.74) is 0.851. The Morgan fingerprint density at radius 1 is 1.05 bits per heavy atom. The van der Waals surface area contributed by atoms with Crippen molar-refractivity contribution < 1.29 is 24.1 Å². The topological polar surface area (TPSA) is 65.0 Å². The van der Waals surface area contributed by atoms with Crippen LogP contribution in [0, 0.1) is 0 Å². The first kappa shape index (κ1) is 15.9. The zero-order chi connectivity index (χ0) is 15.9. The van der Waals surface area contributed by atoms with E-state index in [-0.39, 0.29) is 12.2 Å². The number of aliphatic hydroxyl groups is 1. The van der Waals surface area contributed by atoms with E-state index in [2.05, 4.69) is 0 Å². The Labute approximate surface area is 129 Å². The maximum absolute atomic E-state index is 12.0. The van der Waals surface area contributed by atoms with Gasteiger partial charge in [-0.3, -0.25) is 0 Å². The van der Waals surface area contributed by atoms with Crippen LogP contribution in [0.5, 0.6) is 17.2 Å². The van der Waals surface area contributed by atoms with Crippen LogP contribution in [0.25, 0.3) is 0 Å². The van der Waals surface area contributed by atoms with Gasteiger partial charge >= 0.3 is 5.97 Å². The molecule has 1 N–H and O–H groups in total. The molecule has 116 valence electrons. The molecule has 0 saturated heterocycles. The van der Waals surface area contributed by atoms with Crippen molar-refractivity contribution in [2.75, 3.05) is 14.2 Å². The lowest BCUT2D eigenvalue weighted by molar-refractivity contribution is -0.143. The molecule has 0 fully saturated rings. The predicted octanol–water partition coefficient (Wildman–Crippen LogP) is 2.21. The molecular formula is C17H18O5. The third-order valence-corrected chi connectivity index (χ3v) is 3.13. The molecule has 0 amide bonds. The van der Waals surface area contributed by atoms with Gasteiger partial charge in [0.2, 0.25) is 0 Å². The first-order valence-electron chi connectivity index (χ1n) is 6.79. The standard InChI is InChI=1S/C17H18O5/c1-20-13-8-9-15(21-2)16(11-13)22-17(19)14(18)10-12-6-4-3-5-7-12/h3-9,11,14,18H,10H2,1-2H3/t14-/m0/s1. The van der Waals surface area contributed by atoms with Crippen LogP contribution >= 0.6 is 0 Å². The van der Waals surface area contributed by atoms with Crippen LogP contribution in [0.3, 0.4) is 0 Å². The van der Waals surface area contributed by atoms with Gasteiger partial charge in [-0.05, 0) is 17.7 Å². The van der Waals surface area contributed by atoms with Gasteiger partial charge in [0.15, 0.2) is 17.6 Å². The van der Waals surface area contributed by atoms with Crippen molar-refractivity contribution in [3.8, 4) is 17.2 Å². The number of rotatable bonds is 6. The van der Waals surface area contributed by atoms with Gasteiger partial charge < -0.3 is 19.3 Å². The van der Waals surface area contributed by atoms with Crippen LogP contribution in [-0.4, -0.2) is 31.4 Å². The van der Waals surface area contributed by atoms with Gasteiger partial charge in [-0.1, -0.05) is 30.3 Å². The summed E-state index contributed by atoms with van der Waals surface area (Å²) in [4.78, 5) is 12.0. The van der Waals surface area contributed by atoms with Crippen LogP contribution in [0.15, 0.2) is 48.5 Å². The molecule has 0 aromatic heterocycles.